The van der Waals surface area contributed by atoms with Gasteiger partial charge in [-0.3, -0.25) is 4.98 Å². The summed E-state index contributed by atoms with van der Waals surface area (Å²) in [5.41, 5.74) is 3.99. The zero-order valence-electron chi connectivity index (χ0n) is 13.3. The Morgan fingerprint density at radius 1 is 0.640 bits per heavy atom. The standard InChI is InChI=1S/C22H13BrN2/c23-19-11-10-18(16-5-1-2-6-17(16)19)20-12-9-15-8-7-14-4-3-13-24-21(14)22(15)25-20/h1-13H. The molecule has 5 rings (SSSR count). The second kappa shape index (κ2) is 5.64. The molecule has 0 N–H and O–H groups in total. The van der Waals surface area contributed by atoms with E-state index in [-0.39, 0.29) is 0 Å². The van der Waals surface area contributed by atoms with Gasteiger partial charge in [-0.25, -0.2) is 4.98 Å². The topological polar surface area (TPSA) is 25.8 Å². The van der Waals surface area contributed by atoms with E-state index in [1.165, 1.54) is 10.8 Å². The van der Waals surface area contributed by atoms with Crippen LogP contribution in [0.3, 0.4) is 0 Å². The van der Waals surface area contributed by atoms with Crippen molar-refractivity contribution in [2.24, 2.45) is 0 Å². The third kappa shape index (κ3) is 2.31. The molecule has 0 unspecified atom stereocenters. The summed E-state index contributed by atoms with van der Waals surface area (Å²) in [4.78, 5) is 9.53. The molecule has 0 aliphatic rings. The summed E-state index contributed by atoms with van der Waals surface area (Å²) in [6, 6.07) is 25.1. The van der Waals surface area contributed by atoms with Crippen LogP contribution in [0.5, 0.6) is 0 Å². The van der Waals surface area contributed by atoms with Crippen LogP contribution in [0.2, 0.25) is 0 Å². The van der Waals surface area contributed by atoms with E-state index in [9.17, 15) is 0 Å². The number of pyridine rings is 2. The van der Waals surface area contributed by atoms with Gasteiger partial charge in [0.15, 0.2) is 0 Å². The van der Waals surface area contributed by atoms with Crippen molar-refractivity contribution in [3.05, 3.63) is 83.5 Å². The van der Waals surface area contributed by atoms with Crippen LogP contribution in [-0.2, 0) is 0 Å². The van der Waals surface area contributed by atoms with Crippen LogP contribution in [0, 0.1) is 0 Å². The number of aromatic nitrogens is 2. The zero-order valence-corrected chi connectivity index (χ0v) is 14.9. The first-order valence-electron chi connectivity index (χ1n) is 8.13. The van der Waals surface area contributed by atoms with E-state index in [4.69, 9.17) is 4.98 Å². The lowest BCUT2D eigenvalue weighted by atomic mass is 10.0. The van der Waals surface area contributed by atoms with Crippen molar-refractivity contribution in [1.29, 1.82) is 0 Å². The van der Waals surface area contributed by atoms with Gasteiger partial charge in [0.05, 0.1) is 16.7 Å². The Morgan fingerprint density at radius 3 is 2.28 bits per heavy atom. The van der Waals surface area contributed by atoms with E-state index in [0.29, 0.717) is 0 Å². The molecule has 3 heteroatoms. The van der Waals surface area contributed by atoms with Gasteiger partial charge in [-0.2, -0.15) is 0 Å². The number of hydrogen-bond donors (Lipinski definition) is 0. The minimum Gasteiger partial charge on any atom is -0.254 e. The molecular weight excluding hydrogens is 372 g/mol. The average Bonchev–Trinajstić information content (AvgIpc) is 2.68. The Morgan fingerprint density at radius 2 is 1.40 bits per heavy atom. The molecule has 5 aromatic rings. The molecule has 2 heterocycles. The van der Waals surface area contributed by atoms with E-state index in [2.05, 4.69) is 87.6 Å². The zero-order chi connectivity index (χ0) is 16.8. The molecule has 0 fully saturated rings. The normalized spacial score (nSPS) is 11.4. The summed E-state index contributed by atoms with van der Waals surface area (Å²) < 4.78 is 1.10. The molecule has 0 amide bonds. The molecule has 2 aromatic heterocycles. The van der Waals surface area contributed by atoms with Crippen LogP contribution in [0.1, 0.15) is 0 Å². The smallest absolute Gasteiger partial charge is 0.0972 e. The average molecular weight is 385 g/mol. The fourth-order valence-corrected chi connectivity index (χ4v) is 3.84. The van der Waals surface area contributed by atoms with Gasteiger partial charge in [0.25, 0.3) is 0 Å². The first kappa shape index (κ1) is 14.6. The maximum atomic E-state index is 4.98. The molecule has 3 aromatic carbocycles. The van der Waals surface area contributed by atoms with Crippen LogP contribution in [0.4, 0.5) is 0 Å². The molecule has 0 atom stereocenters. The highest BCUT2D eigenvalue weighted by Gasteiger charge is 2.10. The fraction of sp³-hybridized carbons (Fsp3) is 0. The van der Waals surface area contributed by atoms with E-state index >= 15 is 0 Å². The lowest BCUT2D eigenvalue weighted by Crippen LogP contribution is -1.90. The van der Waals surface area contributed by atoms with E-state index < -0.39 is 0 Å². The Kier molecular flexibility index (Phi) is 3.28. The lowest BCUT2D eigenvalue weighted by Gasteiger charge is -2.09. The minimum atomic E-state index is 0.947. The van der Waals surface area contributed by atoms with Crippen LogP contribution in [0.15, 0.2) is 83.5 Å². The minimum absolute atomic E-state index is 0.947. The molecule has 0 aliphatic heterocycles. The molecule has 2 nitrogen and oxygen atoms in total. The van der Waals surface area contributed by atoms with E-state index in [0.717, 1.165) is 37.5 Å². The highest BCUT2D eigenvalue weighted by atomic mass is 79.9. The molecule has 118 valence electrons. The predicted molar refractivity (Wildman–Crippen MR) is 108 cm³/mol. The fourth-order valence-electron chi connectivity index (χ4n) is 3.36. The summed E-state index contributed by atoms with van der Waals surface area (Å²) in [6.07, 6.45) is 1.82. The Balaban J connectivity index is 1.85. The third-order valence-electron chi connectivity index (χ3n) is 4.58. The van der Waals surface area contributed by atoms with Gasteiger partial charge in [-0.15, -0.1) is 0 Å². The monoisotopic (exact) mass is 384 g/mol. The maximum absolute atomic E-state index is 4.98. The second-order valence-corrected chi connectivity index (χ2v) is 6.90. The van der Waals surface area contributed by atoms with Crippen molar-refractivity contribution in [2.45, 2.75) is 0 Å². The maximum Gasteiger partial charge on any atom is 0.0972 e. The van der Waals surface area contributed by atoms with E-state index in [1.54, 1.807) is 0 Å². The predicted octanol–water partition coefficient (Wildman–Crippen LogP) is 6.37. The molecule has 0 radical (unpaired) electrons. The first-order chi connectivity index (χ1) is 12.3. The Labute approximate surface area is 153 Å². The molecular formula is C22H13BrN2. The third-order valence-corrected chi connectivity index (χ3v) is 5.27. The Hall–Kier alpha value is -2.78. The number of nitrogens with zero attached hydrogens (tertiary/aromatic N) is 2. The van der Waals surface area contributed by atoms with Crippen molar-refractivity contribution in [3.63, 3.8) is 0 Å². The van der Waals surface area contributed by atoms with Crippen LogP contribution >= 0.6 is 15.9 Å². The van der Waals surface area contributed by atoms with Crippen LogP contribution in [-0.4, -0.2) is 9.97 Å². The van der Waals surface area contributed by atoms with Gasteiger partial charge in [-0.1, -0.05) is 70.5 Å². The van der Waals surface area contributed by atoms with Crippen molar-refractivity contribution in [3.8, 4) is 11.3 Å². The van der Waals surface area contributed by atoms with Gasteiger partial charge in [0.1, 0.15) is 0 Å². The van der Waals surface area contributed by atoms with Gasteiger partial charge in [-0.05, 0) is 29.0 Å². The summed E-state index contributed by atoms with van der Waals surface area (Å²) in [5.74, 6) is 0. The van der Waals surface area contributed by atoms with Crippen molar-refractivity contribution in [1.82, 2.24) is 9.97 Å². The largest absolute Gasteiger partial charge is 0.254 e. The molecule has 25 heavy (non-hydrogen) atoms. The summed E-state index contributed by atoms with van der Waals surface area (Å²) in [7, 11) is 0. The summed E-state index contributed by atoms with van der Waals surface area (Å²) in [6.45, 7) is 0. The molecule has 0 bridgehead atoms. The number of hydrogen-bond acceptors (Lipinski definition) is 2. The van der Waals surface area contributed by atoms with Crippen molar-refractivity contribution < 1.29 is 0 Å². The summed E-state index contributed by atoms with van der Waals surface area (Å²) >= 11 is 3.65. The van der Waals surface area contributed by atoms with Gasteiger partial charge >= 0.3 is 0 Å². The van der Waals surface area contributed by atoms with Gasteiger partial charge in [0, 0.05) is 27.0 Å². The number of benzene rings is 3. The molecule has 0 saturated heterocycles. The lowest BCUT2D eigenvalue weighted by molar-refractivity contribution is 1.37. The van der Waals surface area contributed by atoms with Crippen LogP contribution in [0.25, 0.3) is 43.8 Å². The van der Waals surface area contributed by atoms with Crippen molar-refractivity contribution >= 4 is 48.5 Å². The Bertz CT molecular complexity index is 1260. The number of rotatable bonds is 1. The molecule has 0 saturated carbocycles. The highest BCUT2D eigenvalue weighted by Crippen LogP contribution is 2.33. The quantitative estimate of drug-likeness (QED) is 0.314. The number of fused-ring (bicyclic) bond motifs is 4. The SMILES string of the molecule is Brc1ccc(-c2ccc3ccc4cccnc4c3n2)c2ccccc12. The van der Waals surface area contributed by atoms with E-state index in [1.807, 2.05) is 12.3 Å². The van der Waals surface area contributed by atoms with Crippen molar-refractivity contribution in [2.75, 3.05) is 0 Å². The summed E-state index contributed by atoms with van der Waals surface area (Å²) in [5, 5.41) is 4.60. The second-order valence-electron chi connectivity index (χ2n) is 6.05. The van der Waals surface area contributed by atoms with Gasteiger partial charge in [0.2, 0.25) is 0 Å². The first-order valence-corrected chi connectivity index (χ1v) is 8.93. The number of halogens is 1. The highest BCUT2D eigenvalue weighted by molar-refractivity contribution is 9.10. The molecule has 0 spiro atoms. The molecule has 0 aliphatic carbocycles. The van der Waals surface area contributed by atoms with Crippen LogP contribution < -0.4 is 0 Å². The van der Waals surface area contributed by atoms with Gasteiger partial charge < -0.3 is 0 Å².